The molecule has 0 aromatic heterocycles. The quantitative estimate of drug-likeness (QED) is 0.846. The summed E-state index contributed by atoms with van der Waals surface area (Å²) in [6.07, 6.45) is 0.999. The van der Waals surface area contributed by atoms with Gasteiger partial charge in [-0.2, -0.15) is 0 Å². The van der Waals surface area contributed by atoms with Crippen LogP contribution in [0.15, 0.2) is 18.2 Å². The van der Waals surface area contributed by atoms with Crippen LogP contribution in [0, 0.1) is 6.92 Å². The minimum atomic E-state index is -0.506. The normalized spacial score (nSPS) is 19.6. The van der Waals surface area contributed by atoms with Gasteiger partial charge in [0.1, 0.15) is 11.9 Å². The van der Waals surface area contributed by atoms with Crippen molar-refractivity contribution in [2.75, 3.05) is 13.2 Å². The highest BCUT2D eigenvalue weighted by molar-refractivity contribution is 5.80. The predicted octanol–water partition coefficient (Wildman–Crippen LogP) is 1.13. The van der Waals surface area contributed by atoms with Crippen molar-refractivity contribution in [3.8, 4) is 5.75 Å². The lowest BCUT2D eigenvalue weighted by Gasteiger charge is -2.17. The van der Waals surface area contributed by atoms with E-state index in [4.69, 9.17) is 15.2 Å². The van der Waals surface area contributed by atoms with Crippen LogP contribution >= 0.6 is 0 Å². The molecule has 5 nitrogen and oxygen atoms in total. The van der Waals surface area contributed by atoms with Crippen LogP contribution < -0.4 is 15.8 Å². The molecule has 0 bridgehead atoms. The zero-order valence-electron chi connectivity index (χ0n) is 12.0. The largest absolute Gasteiger partial charge is 0.488 e. The van der Waals surface area contributed by atoms with E-state index in [1.165, 1.54) is 0 Å². The number of ether oxygens (including phenoxy) is 2. The van der Waals surface area contributed by atoms with Crippen molar-refractivity contribution in [2.45, 2.75) is 39.0 Å². The first-order chi connectivity index (χ1) is 9.56. The Morgan fingerprint density at radius 3 is 3.05 bits per heavy atom. The van der Waals surface area contributed by atoms with Crippen molar-refractivity contribution < 1.29 is 14.3 Å². The van der Waals surface area contributed by atoms with Crippen molar-refractivity contribution in [3.63, 3.8) is 0 Å². The van der Waals surface area contributed by atoms with Crippen LogP contribution in [0.25, 0.3) is 0 Å². The fourth-order valence-electron chi connectivity index (χ4n) is 2.05. The standard InChI is InChI=1S/C15H22N2O3/c1-10-3-4-12(8-17-15(18)11(2)16)14(7-10)20-13-5-6-19-9-13/h3-4,7,11,13H,5-6,8-9,16H2,1-2H3,(H,17,18)/t11-,13?/m1/s1. The minimum absolute atomic E-state index is 0.0969. The lowest BCUT2D eigenvalue weighted by atomic mass is 10.1. The van der Waals surface area contributed by atoms with E-state index in [-0.39, 0.29) is 12.0 Å². The maximum Gasteiger partial charge on any atom is 0.236 e. The van der Waals surface area contributed by atoms with Gasteiger partial charge in [-0.25, -0.2) is 0 Å². The molecule has 5 heteroatoms. The van der Waals surface area contributed by atoms with E-state index in [1.54, 1.807) is 6.92 Å². The van der Waals surface area contributed by atoms with Gasteiger partial charge >= 0.3 is 0 Å². The Balaban J connectivity index is 2.04. The van der Waals surface area contributed by atoms with Gasteiger partial charge in [0.25, 0.3) is 0 Å². The van der Waals surface area contributed by atoms with E-state index >= 15 is 0 Å². The monoisotopic (exact) mass is 278 g/mol. The number of nitrogens with one attached hydrogen (secondary N) is 1. The van der Waals surface area contributed by atoms with Crippen LogP contribution in [-0.4, -0.2) is 31.3 Å². The average Bonchev–Trinajstić information content (AvgIpc) is 2.90. The molecular weight excluding hydrogens is 256 g/mol. The Bertz CT molecular complexity index is 468. The Hall–Kier alpha value is -1.59. The number of hydrogen-bond donors (Lipinski definition) is 2. The van der Waals surface area contributed by atoms with Crippen LogP contribution in [-0.2, 0) is 16.1 Å². The predicted molar refractivity (Wildman–Crippen MR) is 76.5 cm³/mol. The van der Waals surface area contributed by atoms with Gasteiger partial charge in [0, 0.05) is 18.5 Å². The number of amides is 1. The molecule has 2 rings (SSSR count). The molecule has 1 unspecified atom stereocenters. The zero-order valence-corrected chi connectivity index (χ0v) is 12.0. The van der Waals surface area contributed by atoms with Gasteiger partial charge < -0.3 is 20.5 Å². The van der Waals surface area contributed by atoms with E-state index in [1.807, 2.05) is 25.1 Å². The second kappa shape index (κ2) is 6.72. The number of aryl methyl sites for hydroxylation is 1. The molecule has 110 valence electrons. The van der Waals surface area contributed by atoms with Gasteiger partial charge in [0.15, 0.2) is 0 Å². The van der Waals surface area contributed by atoms with Gasteiger partial charge in [-0.1, -0.05) is 12.1 Å². The number of carbonyl (C=O) groups is 1. The number of nitrogens with two attached hydrogens (primary N) is 1. The van der Waals surface area contributed by atoms with Crippen LogP contribution in [0.3, 0.4) is 0 Å². The molecule has 2 atom stereocenters. The third-order valence-corrected chi connectivity index (χ3v) is 3.27. The summed E-state index contributed by atoms with van der Waals surface area (Å²) in [4.78, 5) is 11.5. The Morgan fingerprint density at radius 2 is 2.40 bits per heavy atom. The minimum Gasteiger partial charge on any atom is -0.488 e. The van der Waals surface area contributed by atoms with E-state index in [2.05, 4.69) is 5.32 Å². The van der Waals surface area contributed by atoms with E-state index < -0.39 is 6.04 Å². The highest BCUT2D eigenvalue weighted by atomic mass is 16.5. The molecule has 0 spiro atoms. The first kappa shape index (κ1) is 14.8. The molecule has 1 fully saturated rings. The maximum absolute atomic E-state index is 11.5. The molecule has 0 aliphatic carbocycles. The Morgan fingerprint density at radius 1 is 1.60 bits per heavy atom. The molecule has 1 heterocycles. The molecule has 1 saturated heterocycles. The zero-order chi connectivity index (χ0) is 14.5. The smallest absolute Gasteiger partial charge is 0.236 e. The van der Waals surface area contributed by atoms with Gasteiger partial charge in [-0.3, -0.25) is 4.79 Å². The molecule has 3 N–H and O–H groups in total. The van der Waals surface area contributed by atoms with Crippen molar-refractivity contribution in [2.24, 2.45) is 5.73 Å². The molecular formula is C15H22N2O3. The van der Waals surface area contributed by atoms with Crippen LogP contribution in [0.1, 0.15) is 24.5 Å². The summed E-state index contributed by atoms with van der Waals surface area (Å²) in [5.74, 6) is 0.645. The third kappa shape index (κ3) is 3.95. The Labute approximate surface area is 119 Å². The maximum atomic E-state index is 11.5. The SMILES string of the molecule is Cc1ccc(CNC(=O)[C@@H](C)N)c(OC2CCOC2)c1. The number of hydrogen-bond acceptors (Lipinski definition) is 4. The first-order valence-electron chi connectivity index (χ1n) is 6.93. The molecule has 1 aliphatic rings. The summed E-state index contributed by atoms with van der Waals surface area (Å²) >= 11 is 0. The van der Waals surface area contributed by atoms with Gasteiger partial charge in [-0.15, -0.1) is 0 Å². The molecule has 1 amide bonds. The summed E-state index contributed by atoms with van der Waals surface area (Å²) < 4.78 is 11.3. The summed E-state index contributed by atoms with van der Waals surface area (Å²) in [6, 6.07) is 5.46. The Kier molecular flexibility index (Phi) is 4.98. The van der Waals surface area contributed by atoms with Crippen molar-refractivity contribution in [3.05, 3.63) is 29.3 Å². The summed E-state index contributed by atoms with van der Waals surface area (Å²) in [5.41, 5.74) is 7.62. The second-order valence-electron chi connectivity index (χ2n) is 5.22. The van der Waals surface area contributed by atoms with E-state index in [9.17, 15) is 4.79 Å². The molecule has 0 radical (unpaired) electrons. The average molecular weight is 278 g/mol. The second-order valence-corrected chi connectivity index (χ2v) is 5.22. The highest BCUT2D eigenvalue weighted by Gasteiger charge is 2.19. The van der Waals surface area contributed by atoms with Gasteiger partial charge in [0.2, 0.25) is 5.91 Å². The molecule has 0 saturated carbocycles. The third-order valence-electron chi connectivity index (χ3n) is 3.27. The number of carbonyl (C=O) groups excluding carboxylic acids is 1. The van der Waals surface area contributed by atoms with Crippen LogP contribution in [0.5, 0.6) is 5.75 Å². The topological polar surface area (TPSA) is 73.6 Å². The van der Waals surface area contributed by atoms with Crippen molar-refractivity contribution >= 4 is 5.91 Å². The summed E-state index contributed by atoms with van der Waals surface area (Å²) in [5, 5.41) is 2.81. The first-order valence-corrected chi connectivity index (χ1v) is 6.93. The lowest BCUT2D eigenvalue weighted by Crippen LogP contribution is -2.37. The van der Waals surface area contributed by atoms with E-state index in [0.717, 1.165) is 29.9 Å². The molecule has 1 aromatic carbocycles. The van der Waals surface area contributed by atoms with E-state index in [0.29, 0.717) is 13.2 Å². The molecule has 1 aliphatic heterocycles. The number of rotatable bonds is 5. The fraction of sp³-hybridized carbons (Fsp3) is 0.533. The summed E-state index contributed by atoms with van der Waals surface area (Å²) in [6.45, 7) is 5.47. The molecule has 20 heavy (non-hydrogen) atoms. The number of benzene rings is 1. The van der Waals surface area contributed by atoms with Gasteiger partial charge in [-0.05, 0) is 25.5 Å². The van der Waals surface area contributed by atoms with Crippen molar-refractivity contribution in [1.82, 2.24) is 5.32 Å². The van der Waals surface area contributed by atoms with Gasteiger partial charge in [0.05, 0.1) is 19.3 Å². The molecule has 1 aromatic rings. The van der Waals surface area contributed by atoms with Crippen LogP contribution in [0.2, 0.25) is 0 Å². The van der Waals surface area contributed by atoms with Crippen LogP contribution in [0.4, 0.5) is 0 Å². The van der Waals surface area contributed by atoms with Crippen molar-refractivity contribution in [1.29, 1.82) is 0 Å². The summed E-state index contributed by atoms with van der Waals surface area (Å²) in [7, 11) is 0. The fourth-order valence-corrected chi connectivity index (χ4v) is 2.05. The lowest BCUT2D eigenvalue weighted by molar-refractivity contribution is -0.122. The highest BCUT2D eigenvalue weighted by Crippen LogP contribution is 2.23.